The molecular weight excluding hydrogens is 181 g/mol. The summed E-state index contributed by atoms with van der Waals surface area (Å²) in [7, 11) is 0. The Morgan fingerprint density at radius 2 is 2.36 bits per heavy atom. The molecule has 0 bridgehead atoms. The van der Waals surface area contributed by atoms with Crippen molar-refractivity contribution < 1.29 is 9.50 Å². The van der Waals surface area contributed by atoms with Crippen LogP contribution in [0.15, 0.2) is 18.1 Å². The number of hydrogen-bond donors (Lipinski definition) is 1. The highest BCUT2D eigenvalue weighted by atomic mass is 19.1. The monoisotopic (exact) mass is 197 g/mol. The van der Waals surface area contributed by atoms with Crippen LogP contribution in [0.3, 0.4) is 0 Å². The normalized spacial score (nSPS) is 12.1. The van der Waals surface area contributed by atoms with Gasteiger partial charge in [-0.1, -0.05) is 6.92 Å². The van der Waals surface area contributed by atoms with Crippen LogP contribution in [0.5, 0.6) is 0 Å². The number of aliphatic hydroxyl groups excluding tert-OH is 1. The van der Waals surface area contributed by atoms with Crippen LogP contribution < -0.4 is 0 Å². The lowest BCUT2D eigenvalue weighted by Gasteiger charge is -2.04. The van der Waals surface area contributed by atoms with Crippen molar-refractivity contribution in [2.24, 2.45) is 0 Å². The maximum Gasteiger partial charge on any atom is 0.102 e. The molecule has 0 atom stereocenters. The molecule has 0 fully saturated rings. The van der Waals surface area contributed by atoms with E-state index in [1.54, 1.807) is 6.92 Å². The van der Waals surface area contributed by atoms with Crippen LogP contribution in [0.2, 0.25) is 0 Å². The third-order valence-corrected chi connectivity index (χ3v) is 2.19. The first-order chi connectivity index (χ1) is 6.69. The summed E-state index contributed by atoms with van der Waals surface area (Å²) in [6.07, 6.45) is 3.80. The summed E-state index contributed by atoms with van der Waals surface area (Å²) in [6.45, 7) is 4.29. The first-order valence-corrected chi connectivity index (χ1v) is 4.81. The summed E-state index contributed by atoms with van der Waals surface area (Å²) < 4.78 is 14.9. The number of aromatic nitrogens is 1. The second-order valence-electron chi connectivity index (χ2n) is 3.25. The number of rotatable bonds is 4. The molecule has 2 nitrogen and oxygen atoms in total. The van der Waals surface area contributed by atoms with Gasteiger partial charge in [-0.05, 0) is 31.1 Å². The minimum Gasteiger partial charge on any atom is -0.395 e. The largest absolute Gasteiger partial charge is 0.395 e. The minimum atomic E-state index is -0.133. The SMILES string of the molecule is CC/C(F)=C\c1c(C)ccn1CCO. The Morgan fingerprint density at radius 3 is 2.93 bits per heavy atom. The van der Waals surface area contributed by atoms with Crippen LogP contribution in [0, 0.1) is 6.92 Å². The molecule has 0 amide bonds. The summed E-state index contributed by atoms with van der Waals surface area (Å²) >= 11 is 0. The number of aryl methyl sites for hydroxylation is 1. The summed E-state index contributed by atoms with van der Waals surface area (Å²) in [4.78, 5) is 0. The van der Waals surface area contributed by atoms with Gasteiger partial charge in [-0.15, -0.1) is 0 Å². The predicted octanol–water partition coefficient (Wildman–Crippen LogP) is 2.51. The highest BCUT2D eigenvalue weighted by Gasteiger charge is 2.03. The van der Waals surface area contributed by atoms with Crippen molar-refractivity contribution in [2.75, 3.05) is 6.61 Å². The third-order valence-electron chi connectivity index (χ3n) is 2.19. The molecular formula is C11H16FNO. The Bertz CT molecular complexity index is 328. The van der Waals surface area contributed by atoms with Gasteiger partial charge < -0.3 is 9.67 Å². The molecule has 78 valence electrons. The first kappa shape index (κ1) is 11.0. The Labute approximate surface area is 83.7 Å². The van der Waals surface area contributed by atoms with Crippen LogP contribution in [0.4, 0.5) is 4.39 Å². The molecule has 0 saturated heterocycles. The second kappa shape index (κ2) is 4.96. The number of hydrogen-bond acceptors (Lipinski definition) is 1. The van der Waals surface area contributed by atoms with E-state index >= 15 is 0 Å². The van der Waals surface area contributed by atoms with Gasteiger partial charge in [0.25, 0.3) is 0 Å². The van der Waals surface area contributed by atoms with Crippen LogP contribution in [0.25, 0.3) is 6.08 Å². The molecule has 0 saturated carbocycles. The predicted molar refractivity (Wildman–Crippen MR) is 55.6 cm³/mol. The van der Waals surface area contributed by atoms with E-state index in [0.29, 0.717) is 13.0 Å². The van der Waals surface area contributed by atoms with Gasteiger partial charge in [0.1, 0.15) is 5.83 Å². The van der Waals surface area contributed by atoms with Gasteiger partial charge in [-0.3, -0.25) is 0 Å². The lowest BCUT2D eigenvalue weighted by atomic mass is 10.2. The Hall–Kier alpha value is -1.09. The highest BCUT2D eigenvalue weighted by Crippen LogP contribution is 2.16. The van der Waals surface area contributed by atoms with Crippen LogP contribution >= 0.6 is 0 Å². The van der Waals surface area contributed by atoms with Crippen LogP contribution in [-0.4, -0.2) is 16.3 Å². The van der Waals surface area contributed by atoms with E-state index in [4.69, 9.17) is 5.11 Å². The summed E-state index contributed by atoms with van der Waals surface area (Å²) in [5.41, 5.74) is 1.88. The maximum absolute atomic E-state index is 13.1. The van der Waals surface area contributed by atoms with Crippen LogP contribution in [0.1, 0.15) is 24.6 Å². The molecule has 0 radical (unpaired) electrons. The summed E-state index contributed by atoms with van der Waals surface area (Å²) in [6, 6.07) is 1.92. The fourth-order valence-corrected chi connectivity index (χ4v) is 1.34. The molecule has 1 N–H and O–H groups in total. The van der Waals surface area contributed by atoms with Crippen molar-refractivity contribution in [3.8, 4) is 0 Å². The molecule has 0 unspecified atom stereocenters. The van der Waals surface area contributed by atoms with Gasteiger partial charge in [-0.2, -0.15) is 0 Å². The Balaban J connectivity index is 2.98. The van der Waals surface area contributed by atoms with Gasteiger partial charge in [0, 0.05) is 18.4 Å². The van der Waals surface area contributed by atoms with Gasteiger partial charge in [0.2, 0.25) is 0 Å². The fourth-order valence-electron chi connectivity index (χ4n) is 1.34. The number of aliphatic hydroxyl groups is 1. The fraction of sp³-hybridized carbons (Fsp3) is 0.455. The summed E-state index contributed by atoms with van der Waals surface area (Å²) in [5, 5.41) is 8.81. The average Bonchev–Trinajstić information content (AvgIpc) is 2.50. The van der Waals surface area contributed by atoms with E-state index < -0.39 is 0 Å². The number of nitrogens with zero attached hydrogens (tertiary/aromatic N) is 1. The smallest absolute Gasteiger partial charge is 0.102 e. The van der Waals surface area contributed by atoms with Crippen molar-refractivity contribution in [3.63, 3.8) is 0 Å². The Kier molecular flexibility index (Phi) is 3.89. The van der Waals surface area contributed by atoms with Crippen LogP contribution in [-0.2, 0) is 6.54 Å². The maximum atomic E-state index is 13.1. The zero-order chi connectivity index (χ0) is 10.6. The van der Waals surface area contributed by atoms with E-state index in [1.807, 2.05) is 23.8 Å². The molecule has 0 spiro atoms. The first-order valence-electron chi connectivity index (χ1n) is 4.81. The van der Waals surface area contributed by atoms with Gasteiger partial charge in [0.15, 0.2) is 0 Å². The number of halogens is 1. The molecule has 0 aliphatic heterocycles. The lowest BCUT2D eigenvalue weighted by molar-refractivity contribution is 0.276. The molecule has 1 aromatic heterocycles. The van der Waals surface area contributed by atoms with E-state index in [1.165, 1.54) is 6.08 Å². The molecule has 3 heteroatoms. The number of allylic oxidation sites excluding steroid dienone is 1. The van der Waals surface area contributed by atoms with E-state index in [0.717, 1.165) is 11.3 Å². The molecule has 1 rings (SSSR count). The van der Waals surface area contributed by atoms with Gasteiger partial charge >= 0.3 is 0 Å². The van der Waals surface area contributed by atoms with Gasteiger partial charge in [0.05, 0.1) is 6.61 Å². The standard InChI is InChI=1S/C11H16FNO/c1-3-10(12)8-11-9(2)4-5-13(11)6-7-14/h4-5,8,14H,3,6-7H2,1-2H3/b10-8+. The molecule has 0 aliphatic carbocycles. The topological polar surface area (TPSA) is 25.2 Å². The molecule has 1 heterocycles. The van der Waals surface area contributed by atoms with Gasteiger partial charge in [-0.25, -0.2) is 4.39 Å². The minimum absolute atomic E-state index is 0.0721. The molecule has 0 aromatic carbocycles. The highest BCUT2D eigenvalue weighted by molar-refractivity contribution is 5.52. The average molecular weight is 197 g/mol. The van der Waals surface area contributed by atoms with Crippen molar-refractivity contribution in [2.45, 2.75) is 26.8 Å². The molecule has 14 heavy (non-hydrogen) atoms. The third kappa shape index (κ3) is 2.45. The zero-order valence-electron chi connectivity index (χ0n) is 8.63. The van der Waals surface area contributed by atoms with Crippen molar-refractivity contribution >= 4 is 6.08 Å². The van der Waals surface area contributed by atoms with E-state index in [2.05, 4.69) is 0 Å². The Morgan fingerprint density at radius 1 is 1.64 bits per heavy atom. The van der Waals surface area contributed by atoms with E-state index in [-0.39, 0.29) is 12.4 Å². The molecule has 0 aliphatic rings. The molecule has 1 aromatic rings. The van der Waals surface area contributed by atoms with E-state index in [9.17, 15) is 4.39 Å². The summed E-state index contributed by atoms with van der Waals surface area (Å²) in [5.74, 6) is -0.133. The zero-order valence-corrected chi connectivity index (χ0v) is 8.63. The van der Waals surface area contributed by atoms with Crippen molar-refractivity contribution in [1.82, 2.24) is 4.57 Å². The van der Waals surface area contributed by atoms with Crippen molar-refractivity contribution in [1.29, 1.82) is 0 Å². The lowest BCUT2D eigenvalue weighted by Crippen LogP contribution is -2.02. The quantitative estimate of drug-likeness (QED) is 0.788. The van der Waals surface area contributed by atoms with Crippen molar-refractivity contribution in [3.05, 3.63) is 29.3 Å². The second-order valence-corrected chi connectivity index (χ2v) is 3.25.